The predicted molar refractivity (Wildman–Crippen MR) is 58.6 cm³/mol. The molecule has 0 unspecified atom stereocenters. The summed E-state index contributed by atoms with van der Waals surface area (Å²) >= 11 is 0. The van der Waals surface area contributed by atoms with Gasteiger partial charge in [-0.3, -0.25) is 9.78 Å². The topological polar surface area (TPSA) is 67.8 Å². The molecule has 0 aliphatic rings. The molecule has 0 aliphatic heterocycles. The van der Waals surface area contributed by atoms with Crippen molar-refractivity contribution in [3.05, 3.63) is 44.8 Å². The zero-order valence-corrected chi connectivity index (χ0v) is 8.94. The third-order valence-electron chi connectivity index (χ3n) is 1.87. The molecule has 0 bridgehead atoms. The molecule has 15 heavy (non-hydrogen) atoms. The molecule has 0 saturated heterocycles. The van der Waals surface area contributed by atoms with Crippen molar-refractivity contribution in [1.82, 2.24) is 14.8 Å². The first-order chi connectivity index (χ1) is 7.10. The van der Waals surface area contributed by atoms with Gasteiger partial charge < -0.3 is 0 Å². The zero-order chi connectivity index (χ0) is 11.4. The predicted octanol–water partition coefficient (Wildman–Crippen LogP) is 0.677. The number of aromatic amines is 1. The molecule has 5 heteroatoms. The second-order valence-electron chi connectivity index (χ2n) is 2.97. The summed E-state index contributed by atoms with van der Waals surface area (Å²) in [7, 11) is 0. The van der Waals surface area contributed by atoms with E-state index < -0.39 is 11.2 Å². The second kappa shape index (κ2) is 4.54. The lowest BCUT2D eigenvalue weighted by molar-refractivity contribution is 0.745. The molecule has 1 N–H and O–H groups in total. The highest BCUT2D eigenvalue weighted by Gasteiger charge is 2.03. The quantitative estimate of drug-likeness (QED) is 0.725. The minimum atomic E-state index is -0.531. The molecule has 0 radical (unpaired) electrons. The number of hydrogen-bond acceptors (Lipinski definition) is 3. The lowest BCUT2D eigenvalue weighted by Gasteiger charge is -2.03. The molecule has 80 valence electrons. The van der Waals surface area contributed by atoms with Gasteiger partial charge in [-0.15, -0.1) is 0 Å². The summed E-state index contributed by atoms with van der Waals surface area (Å²) < 4.78 is 1.16. The van der Waals surface area contributed by atoms with E-state index in [4.69, 9.17) is 0 Å². The van der Waals surface area contributed by atoms with Gasteiger partial charge in [0.25, 0.3) is 5.56 Å². The molecule has 1 aromatic rings. The number of hydrogen-bond donors (Lipinski definition) is 1. The molecule has 5 nitrogen and oxygen atoms in total. The van der Waals surface area contributed by atoms with Crippen LogP contribution in [0, 0.1) is 6.92 Å². The van der Waals surface area contributed by atoms with Crippen molar-refractivity contribution in [2.45, 2.75) is 20.8 Å². The molecule has 1 heterocycles. The smallest absolute Gasteiger partial charge is 0.271 e. The summed E-state index contributed by atoms with van der Waals surface area (Å²) in [5.41, 5.74) is -0.0933. The summed E-state index contributed by atoms with van der Waals surface area (Å²) in [4.78, 5) is 24.7. The van der Waals surface area contributed by atoms with Crippen molar-refractivity contribution >= 4 is 5.70 Å². The van der Waals surface area contributed by atoms with Gasteiger partial charge in [0.2, 0.25) is 0 Å². The highest BCUT2D eigenvalue weighted by molar-refractivity contribution is 5.54. The Morgan fingerprint density at radius 3 is 2.60 bits per heavy atom. The number of allylic oxidation sites excluding steroid dienone is 4. The van der Waals surface area contributed by atoms with Crippen molar-refractivity contribution < 1.29 is 0 Å². The van der Waals surface area contributed by atoms with E-state index in [0.717, 1.165) is 4.68 Å². The van der Waals surface area contributed by atoms with Crippen LogP contribution in [-0.4, -0.2) is 14.8 Å². The van der Waals surface area contributed by atoms with Crippen molar-refractivity contribution in [3.63, 3.8) is 0 Å². The van der Waals surface area contributed by atoms with E-state index in [1.807, 2.05) is 6.92 Å². The van der Waals surface area contributed by atoms with Gasteiger partial charge in [-0.05, 0) is 26.8 Å². The fourth-order valence-electron chi connectivity index (χ4n) is 1.12. The van der Waals surface area contributed by atoms with Gasteiger partial charge in [-0.25, -0.2) is 4.79 Å². The summed E-state index contributed by atoms with van der Waals surface area (Å²) in [6, 6.07) is 0. The van der Waals surface area contributed by atoms with Crippen LogP contribution in [0.15, 0.2) is 27.8 Å². The first-order valence-electron chi connectivity index (χ1n) is 4.59. The molecular weight excluding hydrogens is 194 g/mol. The van der Waals surface area contributed by atoms with Gasteiger partial charge in [0, 0.05) is 0 Å². The minimum absolute atomic E-state index is 0.262. The van der Waals surface area contributed by atoms with Crippen LogP contribution >= 0.6 is 0 Å². The van der Waals surface area contributed by atoms with Gasteiger partial charge >= 0.3 is 5.69 Å². The first-order valence-corrected chi connectivity index (χ1v) is 4.59. The van der Waals surface area contributed by atoms with Crippen LogP contribution in [0.3, 0.4) is 0 Å². The van der Waals surface area contributed by atoms with E-state index >= 15 is 0 Å². The maximum Gasteiger partial charge on any atom is 0.349 e. The zero-order valence-electron chi connectivity index (χ0n) is 8.94. The Balaban J connectivity index is 3.44. The minimum Gasteiger partial charge on any atom is -0.271 e. The summed E-state index contributed by atoms with van der Waals surface area (Å²) in [5.74, 6) is 0. The lowest BCUT2D eigenvalue weighted by atomic mass is 10.3. The number of aryl methyl sites for hydroxylation is 1. The van der Waals surface area contributed by atoms with E-state index in [1.54, 1.807) is 32.1 Å². The van der Waals surface area contributed by atoms with Crippen molar-refractivity contribution in [2.24, 2.45) is 0 Å². The molecule has 0 atom stereocenters. The van der Waals surface area contributed by atoms with Crippen LogP contribution in [0.5, 0.6) is 0 Å². The Morgan fingerprint density at radius 2 is 2.07 bits per heavy atom. The van der Waals surface area contributed by atoms with Gasteiger partial charge in [0.1, 0.15) is 5.69 Å². The van der Waals surface area contributed by atoms with Crippen LogP contribution in [0.1, 0.15) is 19.5 Å². The summed E-state index contributed by atoms with van der Waals surface area (Å²) in [5, 5.41) is 3.90. The highest BCUT2D eigenvalue weighted by Crippen LogP contribution is 1.99. The summed E-state index contributed by atoms with van der Waals surface area (Å²) in [6.45, 7) is 5.19. The monoisotopic (exact) mass is 207 g/mol. The normalized spacial score (nSPS) is 12.3. The Hall–Kier alpha value is -1.91. The van der Waals surface area contributed by atoms with Crippen molar-refractivity contribution in [3.8, 4) is 0 Å². The Kier molecular flexibility index (Phi) is 3.38. The highest BCUT2D eigenvalue weighted by atomic mass is 16.2. The molecule has 0 saturated carbocycles. The van der Waals surface area contributed by atoms with E-state index in [9.17, 15) is 9.59 Å². The van der Waals surface area contributed by atoms with E-state index in [0.29, 0.717) is 5.70 Å². The van der Waals surface area contributed by atoms with E-state index in [1.165, 1.54) is 0 Å². The van der Waals surface area contributed by atoms with Crippen LogP contribution < -0.4 is 11.2 Å². The molecule has 0 spiro atoms. The molecule has 1 rings (SSSR count). The first kappa shape index (κ1) is 11.2. The average molecular weight is 207 g/mol. The molecule has 0 amide bonds. The number of nitrogens with one attached hydrogen (secondary N) is 1. The van der Waals surface area contributed by atoms with Gasteiger partial charge in [-0.2, -0.15) is 9.78 Å². The Bertz CT molecular complexity index is 520. The fraction of sp³-hybridized carbons (Fsp3) is 0.300. The van der Waals surface area contributed by atoms with Crippen LogP contribution in [0.2, 0.25) is 0 Å². The summed E-state index contributed by atoms with van der Waals surface area (Å²) in [6.07, 6.45) is 5.28. The number of rotatable bonds is 2. The fourth-order valence-corrected chi connectivity index (χ4v) is 1.12. The van der Waals surface area contributed by atoms with Gasteiger partial charge in [0.05, 0.1) is 5.70 Å². The largest absolute Gasteiger partial charge is 0.349 e. The third-order valence-corrected chi connectivity index (χ3v) is 1.87. The van der Waals surface area contributed by atoms with E-state index in [2.05, 4.69) is 10.1 Å². The van der Waals surface area contributed by atoms with Crippen molar-refractivity contribution in [2.75, 3.05) is 0 Å². The third kappa shape index (κ3) is 2.31. The van der Waals surface area contributed by atoms with Crippen LogP contribution in [-0.2, 0) is 0 Å². The number of nitrogens with zero attached hydrogens (tertiary/aromatic N) is 2. The lowest BCUT2D eigenvalue weighted by Crippen LogP contribution is -2.33. The maximum atomic E-state index is 11.4. The van der Waals surface area contributed by atoms with Crippen molar-refractivity contribution in [1.29, 1.82) is 0 Å². The van der Waals surface area contributed by atoms with Crippen LogP contribution in [0.4, 0.5) is 0 Å². The average Bonchev–Trinajstić information content (AvgIpc) is 2.20. The maximum absolute atomic E-state index is 11.4. The van der Waals surface area contributed by atoms with Gasteiger partial charge in [-0.1, -0.05) is 12.2 Å². The van der Waals surface area contributed by atoms with Gasteiger partial charge in [0.15, 0.2) is 0 Å². The molecule has 0 aromatic carbocycles. The van der Waals surface area contributed by atoms with E-state index in [-0.39, 0.29) is 5.69 Å². The second-order valence-corrected chi connectivity index (χ2v) is 2.97. The Morgan fingerprint density at radius 1 is 1.40 bits per heavy atom. The Labute approximate surface area is 86.8 Å². The molecule has 0 fully saturated rings. The standard InChI is InChI=1S/C10H13N3O2/c1-4-6-8(5-2)13-10(15)11-9(14)7(3)12-13/h4-6H,1-3H3,(H,11,14,15)/b6-4-,8-5+. The molecule has 0 aliphatic carbocycles. The number of H-pyrrole nitrogens is 1. The number of aromatic nitrogens is 3. The molecule has 1 aromatic heterocycles. The van der Waals surface area contributed by atoms with Crippen LogP contribution in [0.25, 0.3) is 5.70 Å². The SMILES string of the molecule is C/C=C\C(=C/C)n1nc(C)c(=O)[nH]c1=O. The molecular formula is C10H13N3O2.